The first-order chi connectivity index (χ1) is 15.7. The molecule has 4 aliphatic rings. The van der Waals surface area contributed by atoms with Crippen LogP contribution >= 0.6 is 0 Å². The first kappa shape index (κ1) is 21.1. The largest absolute Gasteiger partial charge is 0.477 e. The van der Waals surface area contributed by atoms with Gasteiger partial charge in [-0.2, -0.15) is 0 Å². The van der Waals surface area contributed by atoms with Crippen molar-refractivity contribution >= 4 is 17.2 Å². The molecular weight excluding hydrogens is 425 g/mol. The Morgan fingerprint density at radius 1 is 1.21 bits per heavy atom. The van der Waals surface area contributed by atoms with Crippen LogP contribution in [-0.4, -0.2) is 64.7 Å². The van der Waals surface area contributed by atoms with Crippen LogP contribution < -0.4 is 21.9 Å². The van der Waals surface area contributed by atoms with Crippen LogP contribution in [0.5, 0.6) is 0 Å². The van der Waals surface area contributed by atoms with E-state index in [1.807, 2.05) is 11.8 Å². The monoisotopic (exact) mass is 455 g/mol. The average Bonchev–Trinajstić information content (AvgIpc) is 3.66. The number of anilines is 1. The molecule has 6 rings (SSSR count). The van der Waals surface area contributed by atoms with E-state index >= 15 is 4.39 Å². The maximum Gasteiger partial charge on any atom is 0.341 e. The van der Waals surface area contributed by atoms with Crippen molar-refractivity contribution in [3.05, 3.63) is 45.1 Å². The molecule has 9 heteroatoms. The highest BCUT2D eigenvalue weighted by molar-refractivity contribution is 5.89. The number of rotatable bonds is 4. The van der Waals surface area contributed by atoms with Crippen molar-refractivity contribution in [1.29, 1.82) is 0 Å². The van der Waals surface area contributed by atoms with Crippen molar-refractivity contribution in [3.8, 4) is 0 Å². The summed E-state index contributed by atoms with van der Waals surface area (Å²) >= 11 is 0. The predicted molar refractivity (Wildman–Crippen MR) is 122 cm³/mol. The molecule has 2 aromatic rings. The number of hydrogen-bond donors (Lipinski definition) is 3. The van der Waals surface area contributed by atoms with Crippen LogP contribution in [0, 0.1) is 18.2 Å². The van der Waals surface area contributed by atoms with E-state index < -0.39 is 17.3 Å². The lowest BCUT2D eigenvalue weighted by Gasteiger charge is -2.27. The van der Waals surface area contributed by atoms with Gasteiger partial charge in [-0.3, -0.25) is 14.1 Å². The Bertz CT molecular complexity index is 1240. The zero-order valence-corrected chi connectivity index (χ0v) is 18.8. The highest BCUT2D eigenvalue weighted by Crippen LogP contribution is 2.52. The third kappa shape index (κ3) is 3.13. The summed E-state index contributed by atoms with van der Waals surface area (Å²) in [6.45, 7) is 4.73. The molecule has 0 bridgehead atoms. The van der Waals surface area contributed by atoms with Gasteiger partial charge in [0.25, 0.3) is 5.56 Å². The molecule has 0 aromatic carbocycles. The minimum absolute atomic E-state index is 0.102. The number of carboxylic acid groups (broad SMARTS) is 1. The average molecular weight is 456 g/mol. The molecule has 0 amide bonds. The molecular formula is C24H30FN5O3. The van der Waals surface area contributed by atoms with Crippen LogP contribution in [0.3, 0.4) is 0 Å². The van der Waals surface area contributed by atoms with E-state index in [-0.39, 0.29) is 35.0 Å². The smallest absolute Gasteiger partial charge is 0.341 e. The quantitative estimate of drug-likeness (QED) is 0.635. The first-order valence-corrected chi connectivity index (χ1v) is 11.8. The molecule has 2 aliphatic carbocycles. The van der Waals surface area contributed by atoms with Crippen LogP contribution in [0.15, 0.2) is 17.1 Å². The van der Waals surface area contributed by atoms with E-state index in [9.17, 15) is 14.7 Å². The number of likely N-dealkylation sites (tertiary alicyclic amines) is 1. The minimum atomic E-state index is -1.29. The van der Waals surface area contributed by atoms with E-state index in [4.69, 9.17) is 11.5 Å². The van der Waals surface area contributed by atoms with Crippen molar-refractivity contribution in [1.82, 2.24) is 9.30 Å². The molecule has 33 heavy (non-hydrogen) atoms. The Morgan fingerprint density at radius 3 is 2.55 bits per heavy atom. The van der Waals surface area contributed by atoms with Gasteiger partial charge in [-0.1, -0.05) is 0 Å². The van der Waals surface area contributed by atoms with Crippen molar-refractivity contribution < 1.29 is 14.3 Å². The number of aromatic carboxylic acids is 1. The zero-order valence-electron chi connectivity index (χ0n) is 18.8. The van der Waals surface area contributed by atoms with E-state index in [0.717, 1.165) is 37.7 Å². The number of pyridine rings is 2. The van der Waals surface area contributed by atoms with Gasteiger partial charge in [0, 0.05) is 44.3 Å². The molecule has 2 saturated heterocycles. The second-order valence-electron chi connectivity index (χ2n) is 10.6. The second-order valence-corrected chi connectivity index (χ2v) is 10.6. The molecule has 2 unspecified atom stereocenters. The second kappa shape index (κ2) is 7.01. The highest BCUT2D eigenvalue weighted by atomic mass is 19.1. The van der Waals surface area contributed by atoms with Crippen molar-refractivity contribution in [2.24, 2.45) is 16.9 Å². The van der Waals surface area contributed by atoms with Gasteiger partial charge in [-0.15, -0.1) is 0 Å². The van der Waals surface area contributed by atoms with Crippen LogP contribution in [0.2, 0.25) is 0 Å². The number of carbonyl (C=O) groups is 1. The third-order valence-corrected chi connectivity index (χ3v) is 8.44. The van der Waals surface area contributed by atoms with Crippen LogP contribution in [0.25, 0.3) is 5.52 Å². The van der Waals surface area contributed by atoms with Gasteiger partial charge in [0.05, 0.1) is 17.4 Å². The number of carboxylic acids is 1. The summed E-state index contributed by atoms with van der Waals surface area (Å²) in [4.78, 5) is 28.9. The molecule has 8 nitrogen and oxygen atoms in total. The summed E-state index contributed by atoms with van der Waals surface area (Å²) in [5, 5.41) is 9.50. The molecule has 1 spiro atoms. The van der Waals surface area contributed by atoms with Crippen molar-refractivity contribution in [2.75, 3.05) is 31.1 Å². The SMILES string of the molecule is Cc1c(N2CC(N)C(N3C[C@@H](N)C4(CC4)C3)C2)c(F)cn2c(=O)c(C(=O)O)cc(C3CC3)c12. The third-order valence-electron chi connectivity index (χ3n) is 8.44. The Morgan fingerprint density at radius 2 is 1.94 bits per heavy atom. The number of fused-ring (bicyclic) bond motifs is 1. The zero-order chi connectivity index (χ0) is 23.2. The number of aromatic nitrogens is 1. The van der Waals surface area contributed by atoms with Gasteiger partial charge >= 0.3 is 5.97 Å². The summed E-state index contributed by atoms with van der Waals surface area (Å²) in [6.07, 6.45) is 5.37. The first-order valence-electron chi connectivity index (χ1n) is 11.8. The minimum Gasteiger partial charge on any atom is -0.477 e. The van der Waals surface area contributed by atoms with Gasteiger partial charge in [0.1, 0.15) is 5.56 Å². The Kier molecular flexibility index (Phi) is 4.47. The molecule has 3 atom stereocenters. The Hall–Kier alpha value is -2.49. The number of halogens is 1. The van der Waals surface area contributed by atoms with Crippen LogP contribution in [-0.2, 0) is 0 Å². The van der Waals surface area contributed by atoms with E-state index in [1.54, 1.807) is 0 Å². The number of nitrogens with zero attached hydrogens (tertiary/aromatic N) is 3. The Labute approximate surface area is 190 Å². The lowest BCUT2D eigenvalue weighted by molar-refractivity contribution is 0.0694. The van der Waals surface area contributed by atoms with Crippen LogP contribution in [0.4, 0.5) is 10.1 Å². The summed E-state index contributed by atoms with van der Waals surface area (Å²) in [6, 6.07) is 1.64. The molecule has 5 N–H and O–H groups in total. The molecule has 2 aliphatic heterocycles. The summed E-state index contributed by atoms with van der Waals surface area (Å²) < 4.78 is 16.7. The number of aryl methyl sites for hydroxylation is 1. The number of hydrogen-bond acceptors (Lipinski definition) is 6. The molecule has 4 fully saturated rings. The van der Waals surface area contributed by atoms with Crippen molar-refractivity contribution in [3.63, 3.8) is 0 Å². The fourth-order valence-electron chi connectivity index (χ4n) is 6.24. The summed E-state index contributed by atoms with van der Waals surface area (Å²) in [5.41, 5.74) is 14.7. The maximum atomic E-state index is 15.5. The highest BCUT2D eigenvalue weighted by Gasteiger charge is 2.55. The van der Waals surface area contributed by atoms with E-state index in [1.165, 1.54) is 23.3 Å². The standard InChI is InChI=1S/C24H30FN5O3/c1-12-20-14(13-2-3-13)6-15(23(32)33)22(31)30(20)7-16(25)21(12)28-8-17(26)18(9-28)29-10-19(27)24(11-29)4-5-24/h6-7,13,17-19H,2-5,8-11,26-27H2,1H3,(H,32,33)/t17?,18?,19-/m1/s1. The van der Waals surface area contributed by atoms with Gasteiger partial charge in [0.2, 0.25) is 0 Å². The van der Waals surface area contributed by atoms with Crippen LogP contribution in [0.1, 0.15) is 53.1 Å². The fourth-order valence-corrected chi connectivity index (χ4v) is 6.24. The van der Waals surface area contributed by atoms with E-state index in [2.05, 4.69) is 4.90 Å². The molecule has 176 valence electrons. The predicted octanol–water partition coefficient (Wildman–Crippen LogP) is 1.26. The van der Waals surface area contributed by atoms with Gasteiger partial charge in [-0.25, -0.2) is 9.18 Å². The Balaban J connectivity index is 1.41. The fraction of sp³-hybridized carbons (Fsp3) is 0.583. The molecule has 2 aromatic heterocycles. The van der Waals surface area contributed by atoms with E-state index in [0.29, 0.717) is 29.9 Å². The number of nitrogens with two attached hydrogens (primary N) is 2. The normalized spacial score (nSPS) is 28.8. The molecule has 2 saturated carbocycles. The van der Waals surface area contributed by atoms with Crippen molar-refractivity contribution in [2.45, 2.75) is 56.7 Å². The summed E-state index contributed by atoms with van der Waals surface area (Å²) in [5.74, 6) is -1.62. The lowest BCUT2D eigenvalue weighted by Crippen LogP contribution is -2.46. The topological polar surface area (TPSA) is 117 Å². The maximum absolute atomic E-state index is 15.5. The molecule has 0 radical (unpaired) electrons. The summed E-state index contributed by atoms with van der Waals surface area (Å²) in [7, 11) is 0. The van der Waals surface area contributed by atoms with Gasteiger partial charge in [0.15, 0.2) is 5.82 Å². The van der Waals surface area contributed by atoms with Gasteiger partial charge < -0.3 is 21.5 Å². The lowest BCUT2D eigenvalue weighted by atomic mass is 10.0. The van der Waals surface area contributed by atoms with Gasteiger partial charge in [-0.05, 0) is 61.1 Å². The molecule has 4 heterocycles.